The summed E-state index contributed by atoms with van der Waals surface area (Å²) < 4.78 is 0. The standard InChI is InChI=1S/C15H21N3OS2.HI/c1-3-16-14(17-9-12-6-8-20-10-12)18-11-15(2,19)13-5-4-7-21-13;/h4-8,10,19H,3,9,11H2,1-2H3,(H2,16,17,18);1H. The largest absolute Gasteiger partial charge is 0.383 e. The van der Waals surface area contributed by atoms with Gasteiger partial charge in [0.15, 0.2) is 5.96 Å². The molecule has 2 rings (SSSR count). The van der Waals surface area contributed by atoms with E-state index >= 15 is 0 Å². The number of thiophene rings is 2. The lowest BCUT2D eigenvalue weighted by molar-refractivity contribution is 0.0655. The first-order valence-electron chi connectivity index (χ1n) is 6.91. The van der Waals surface area contributed by atoms with Crippen molar-refractivity contribution < 1.29 is 5.11 Å². The number of halogens is 1. The van der Waals surface area contributed by atoms with Gasteiger partial charge in [0.1, 0.15) is 5.60 Å². The van der Waals surface area contributed by atoms with E-state index in [-0.39, 0.29) is 24.0 Å². The molecule has 2 aromatic rings. The summed E-state index contributed by atoms with van der Waals surface area (Å²) in [5.41, 5.74) is 0.300. The van der Waals surface area contributed by atoms with E-state index in [2.05, 4.69) is 27.1 Å². The molecule has 0 aliphatic rings. The van der Waals surface area contributed by atoms with E-state index in [1.807, 2.05) is 36.7 Å². The second-order valence-electron chi connectivity index (χ2n) is 4.93. The minimum Gasteiger partial charge on any atom is -0.383 e. The Bertz CT molecular complexity index is 553. The van der Waals surface area contributed by atoms with E-state index in [1.54, 1.807) is 22.7 Å². The third-order valence-corrected chi connectivity index (χ3v) is 4.85. The molecule has 0 saturated carbocycles. The number of aliphatic imine (C=N–C) groups is 1. The van der Waals surface area contributed by atoms with E-state index in [1.165, 1.54) is 5.56 Å². The van der Waals surface area contributed by atoms with E-state index in [0.29, 0.717) is 13.1 Å². The zero-order valence-corrected chi connectivity index (χ0v) is 16.7. The lowest BCUT2D eigenvalue weighted by Crippen LogP contribution is -2.44. The highest BCUT2D eigenvalue weighted by atomic mass is 127. The van der Waals surface area contributed by atoms with Crippen LogP contribution < -0.4 is 10.6 Å². The Morgan fingerprint density at radius 2 is 2.14 bits per heavy atom. The molecule has 2 aromatic heterocycles. The first-order chi connectivity index (χ1) is 10.1. The molecule has 0 aliphatic heterocycles. The van der Waals surface area contributed by atoms with Crippen LogP contribution in [0.3, 0.4) is 0 Å². The molecular weight excluding hydrogens is 429 g/mol. The van der Waals surface area contributed by atoms with Crippen LogP contribution in [0.4, 0.5) is 0 Å². The molecule has 7 heteroatoms. The van der Waals surface area contributed by atoms with Crippen molar-refractivity contribution in [1.82, 2.24) is 10.6 Å². The van der Waals surface area contributed by atoms with Crippen molar-refractivity contribution in [3.05, 3.63) is 44.8 Å². The van der Waals surface area contributed by atoms with Gasteiger partial charge in [-0.25, -0.2) is 4.99 Å². The average molecular weight is 451 g/mol. The number of guanidine groups is 1. The van der Waals surface area contributed by atoms with Gasteiger partial charge in [-0.05, 0) is 47.7 Å². The molecule has 2 heterocycles. The first-order valence-corrected chi connectivity index (χ1v) is 8.73. The lowest BCUT2D eigenvalue weighted by atomic mass is 10.1. The normalized spacial score (nSPS) is 14.0. The number of nitrogens with zero attached hydrogens (tertiary/aromatic N) is 1. The zero-order chi connectivity index (χ0) is 15.1. The smallest absolute Gasteiger partial charge is 0.191 e. The summed E-state index contributed by atoms with van der Waals surface area (Å²) in [6.45, 7) is 5.69. The maximum absolute atomic E-state index is 10.5. The van der Waals surface area contributed by atoms with Crippen LogP contribution in [0, 0.1) is 0 Å². The molecule has 1 unspecified atom stereocenters. The first kappa shape index (κ1) is 19.4. The van der Waals surface area contributed by atoms with Crippen LogP contribution in [0.25, 0.3) is 0 Å². The highest BCUT2D eigenvalue weighted by Crippen LogP contribution is 2.24. The molecule has 1 atom stereocenters. The van der Waals surface area contributed by atoms with E-state index in [4.69, 9.17) is 0 Å². The molecule has 0 bridgehead atoms. The monoisotopic (exact) mass is 451 g/mol. The minimum atomic E-state index is -0.896. The van der Waals surface area contributed by atoms with Gasteiger partial charge in [0.05, 0.1) is 13.1 Å². The summed E-state index contributed by atoms with van der Waals surface area (Å²) in [5, 5.41) is 23.0. The van der Waals surface area contributed by atoms with Crippen LogP contribution >= 0.6 is 46.7 Å². The van der Waals surface area contributed by atoms with Gasteiger partial charge >= 0.3 is 0 Å². The van der Waals surface area contributed by atoms with Crippen molar-refractivity contribution in [2.45, 2.75) is 26.0 Å². The Labute approximate surface area is 156 Å². The molecule has 0 spiro atoms. The number of rotatable bonds is 6. The topological polar surface area (TPSA) is 56.7 Å². The van der Waals surface area contributed by atoms with E-state index in [9.17, 15) is 5.11 Å². The summed E-state index contributed by atoms with van der Waals surface area (Å²) >= 11 is 3.23. The number of aliphatic hydroxyl groups is 1. The van der Waals surface area contributed by atoms with Gasteiger partial charge in [-0.2, -0.15) is 11.3 Å². The summed E-state index contributed by atoms with van der Waals surface area (Å²) in [4.78, 5) is 5.48. The van der Waals surface area contributed by atoms with Gasteiger partial charge in [-0.15, -0.1) is 35.3 Å². The maximum Gasteiger partial charge on any atom is 0.191 e. The molecule has 0 amide bonds. The van der Waals surface area contributed by atoms with Gasteiger partial charge in [0, 0.05) is 11.4 Å². The number of hydrogen-bond acceptors (Lipinski definition) is 4. The fraction of sp³-hybridized carbons (Fsp3) is 0.400. The predicted octanol–water partition coefficient (Wildman–Crippen LogP) is 3.39. The Morgan fingerprint density at radius 3 is 2.73 bits per heavy atom. The second kappa shape index (κ2) is 9.49. The van der Waals surface area contributed by atoms with Crippen molar-refractivity contribution in [1.29, 1.82) is 0 Å². The highest BCUT2D eigenvalue weighted by molar-refractivity contribution is 14.0. The molecule has 0 radical (unpaired) electrons. The fourth-order valence-electron chi connectivity index (χ4n) is 1.82. The van der Waals surface area contributed by atoms with Crippen LogP contribution in [-0.4, -0.2) is 24.2 Å². The van der Waals surface area contributed by atoms with Crippen LogP contribution in [-0.2, 0) is 12.1 Å². The van der Waals surface area contributed by atoms with Crippen molar-refractivity contribution in [2.75, 3.05) is 13.1 Å². The molecule has 0 aromatic carbocycles. The van der Waals surface area contributed by atoms with Crippen molar-refractivity contribution in [2.24, 2.45) is 4.99 Å². The van der Waals surface area contributed by atoms with E-state index < -0.39 is 5.60 Å². The number of nitrogens with one attached hydrogen (secondary N) is 2. The van der Waals surface area contributed by atoms with E-state index in [0.717, 1.165) is 17.4 Å². The van der Waals surface area contributed by atoms with Crippen LogP contribution in [0.15, 0.2) is 39.3 Å². The lowest BCUT2D eigenvalue weighted by Gasteiger charge is -2.23. The Hall–Kier alpha value is -0.640. The third kappa shape index (κ3) is 5.86. The molecule has 3 N–H and O–H groups in total. The van der Waals surface area contributed by atoms with Gasteiger partial charge in [0.25, 0.3) is 0 Å². The predicted molar refractivity (Wildman–Crippen MR) is 106 cm³/mol. The molecular formula is C15H22IN3OS2. The zero-order valence-electron chi connectivity index (χ0n) is 12.7. The summed E-state index contributed by atoms with van der Waals surface area (Å²) in [7, 11) is 0. The van der Waals surface area contributed by atoms with Crippen LogP contribution in [0.2, 0.25) is 0 Å². The quantitative estimate of drug-likeness (QED) is 0.359. The fourth-order valence-corrected chi connectivity index (χ4v) is 3.27. The van der Waals surface area contributed by atoms with Crippen LogP contribution in [0.5, 0.6) is 0 Å². The summed E-state index contributed by atoms with van der Waals surface area (Å²) in [6, 6.07) is 5.96. The van der Waals surface area contributed by atoms with Gasteiger partial charge in [-0.1, -0.05) is 6.07 Å². The Kier molecular flexibility index (Phi) is 8.37. The average Bonchev–Trinajstić information content (AvgIpc) is 3.14. The second-order valence-corrected chi connectivity index (χ2v) is 6.66. The summed E-state index contributed by atoms with van der Waals surface area (Å²) in [5.74, 6) is 0.723. The van der Waals surface area contributed by atoms with Crippen molar-refractivity contribution in [3.63, 3.8) is 0 Å². The molecule has 122 valence electrons. The maximum atomic E-state index is 10.5. The minimum absolute atomic E-state index is 0. The third-order valence-electron chi connectivity index (χ3n) is 3.00. The SMILES string of the molecule is CCNC(=NCc1ccsc1)NCC(C)(O)c1cccs1.I. The Morgan fingerprint density at radius 1 is 1.32 bits per heavy atom. The number of hydrogen-bond donors (Lipinski definition) is 3. The molecule has 22 heavy (non-hydrogen) atoms. The summed E-state index contributed by atoms with van der Waals surface area (Å²) in [6.07, 6.45) is 0. The Balaban J connectivity index is 0.00000242. The molecule has 0 fully saturated rings. The molecule has 0 saturated heterocycles. The molecule has 4 nitrogen and oxygen atoms in total. The van der Waals surface area contributed by atoms with Crippen molar-refractivity contribution >= 4 is 52.6 Å². The van der Waals surface area contributed by atoms with Gasteiger partial charge in [-0.3, -0.25) is 0 Å². The highest BCUT2D eigenvalue weighted by Gasteiger charge is 2.24. The van der Waals surface area contributed by atoms with Gasteiger partial charge < -0.3 is 15.7 Å². The van der Waals surface area contributed by atoms with Crippen LogP contribution in [0.1, 0.15) is 24.3 Å². The van der Waals surface area contributed by atoms with Gasteiger partial charge in [0.2, 0.25) is 0 Å². The molecule has 0 aliphatic carbocycles. The van der Waals surface area contributed by atoms with Crippen molar-refractivity contribution in [3.8, 4) is 0 Å².